The van der Waals surface area contributed by atoms with Gasteiger partial charge in [-0.15, -0.1) is 11.8 Å². The van der Waals surface area contributed by atoms with E-state index in [0.29, 0.717) is 28.6 Å². The van der Waals surface area contributed by atoms with Gasteiger partial charge < -0.3 is 15.4 Å². The van der Waals surface area contributed by atoms with Crippen molar-refractivity contribution in [3.05, 3.63) is 52.5 Å². The Hall–Kier alpha value is -2.51. The van der Waals surface area contributed by atoms with Crippen molar-refractivity contribution in [2.75, 3.05) is 16.4 Å². The maximum absolute atomic E-state index is 12.4. The number of rotatable bonds is 4. The van der Waals surface area contributed by atoms with Gasteiger partial charge in [-0.2, -0.15) is 0 Å². The number of carbonyl (C=O) groups excluding carboxylic acids is 3. The molecule has 8 heteroatoms. The molecular weight excluding hydrogens is 400 g/mol. The summed E-state index contributed by atoms with van der Waals surface area (Å²) in [6.07, 6.45) is -0.590. The number of fused-ring (bicyclic) bond motifs is 1. The van der Waals surface area contributed by atoms with E-state index < -0.39 is 18.0 Å². The number of hydrogen-bond donors (Lipinski definition) is 2. The number of esters is 1. The molecule has 0 spiro atoms. The number of anilines is 2. The molecule has 0 radical (unpaired) electrons. The summed E-state index contributed by atoms with van der Waals surface area (Å²) >= 11 is 7.60. The number of ether oxygens (including phenoxy) is 1. The minimum Gasteiger partial charge on any atom is -0.449 e. The Morgan fingerprint density at radius 1 is 1.29 bits per heavy atom. The maximum Gasteiger partial charge on any atom is 0.338 e. The lowest BCUT2D eigenvalue weighted by molar-refractivity contribution is -0.123. The van der Waals surface area contributed by atoms with Crippen LogP contribution in [0.1, 0.15) is 29.3 Å². The van der Waals surface area contributed by atoms with Gasteiger partial charge in [0.15, 0.2) is 6.10 Å². The lowest BCUT2D eigenvalue weighted by atomic mass is 10.2. The van der Waals surface area contributed by atoms with E-state index in [1.165, 1.54) is 6.92 Å². The molecule has 2 N–H and O–H groups in total. The van der Waals surface area contributed by atoms with E-state index in [2.05, 4.69) is 10.6 Å². The first-order valence-corrected chi connectivity index (χ1v) is 10.0. The van der Waals surface area contributed by atoms with Gasteiger partial charge in [0.2, 0.25) is 5.91 Å². The van der Waals surface area contributed by atoms with Crippen LogP contribution >= 0.6 is 23.4 Å². The van der Waals surface area contributed by atoms with E-state index in [-0.39, 0.29) is 11.5 Å². The number of halogens is 1. The van der Waals surface area contributed by atoms with Gasteiger partial charge in [-0.25, -0.2) is 4.79 Å². The fourth-order valence-corrected chi connectivity index (χ4v) is 3.72. The van der Waals surface area contributed by atoms with Gasteiger partial charge in [-0.05, 0) is 49.7 Å². The predicted octanol–water partition coefficient (Wildman–Crippen LogP) is 4.27. The van der Waals surface area contributed by atoms with Crippen molar-refractivity contribution in [2.45, 2.75) is 31.3 Å². The highest BCUT2D eigenvalue weighted by Crippen LogP contribution is 2.31. The third kappa shape index (κ3) is 4.66. The Bertz CT molecular complexity index is 948. The van der Waals surface area contributed by atoms with Crippen LogP contribution in [0.15, 0.2) is 41.3 Å². The van der Waals surface area contributed by atoms with E-state index >= 15 is 0 Å². The molecule has 0 aliphatic carbocycles. The molecule has 1 aliphatic rings. The first kappa shape index (κ1) is 20.2. The number of nitrogens with one attached hydrogen (secondary N) is 2. The minimum absolute atomic E-state index is 0.0959. The summed E-state index contributed by atoms with van der Waals surface area (Å²) < 4.78 is 5.29. The topological polar surface area (TPSA) is 84.5 Å². The smallest absolute Gasteiger partial charge is 0.338 e. The number of amides is 2. The first-order chi connectivity index (χ1) is 13.3. The third-order valence-corrected chi connectivity index (χ3v) is 5.74. The lowest BCUT2D eigenvalue weighted by Crippen LogP contribution is -2.30. The van der Waals surface area contributed by atoms with Crippen LogP contribution in [-0.2, 0) is 14.3 Å². The molecule has 0 unspecified atom stereocenters. The Morgan fingerprint density at radius 2 is 2.07 bits per heavy atom. The first-order valence-electron chi connectivity index (χ1n) is 8.69. The molecule has 0 bridgehead atoms. The monoisotopic (exact) mass is 418 g/mol. The Kier molecular flexibility index (Phi) is 6.26. The van der Waals surface area contributed by atoms with Crippen molar-refractivity contribution in [3.63, 3.8) is 0 Å². The SMILES string of the molecule is Cc1c(Cl)cccc1NC(=O)[C@@H](C)OC(=O)c1ccc2c(c1)NC(=O)CCS2. The number of carbonyl (C=O) groups is 3. The normalized spacial score (nSPS) is 14.3. The van der Waals surface area contributed by atoms with Crippen molar-refractivity contribution >= 4 is 52.5 Å². The molecule has 2 aromatic rings. The molecule has 1 aliphatic heterocycles. The van der Waals surface area contributed by atoms with Crippen LogP contribution in [0.25, 0.3) is 0 Å². The second kappa shape index (κ2) is 8.67. The van der Waals surface area contributed by atoms with Crippen molar-refractivity contribution in [2.24, 2.45) is 0 Å². The largest absolute Gasteiger partial charge is 0.449 e. The second-order valence-electron chi connectivity index (χ2n) is 6.31. The van der Waals surface area contributed by atoms with Crippen LogP contribution < -0.4 is 10.6 Å². The number of benzene rings is 2. The van der Waals surface area contributed by atoms with Crippen LogP contribution in [0.2, 0.25) is 5.02 Å². The quantitative estimate of drug-likeness (QED) is 0.724. The molecule has 1 heterocycles. The summed E-state index contributed by atoms with van der Waals surface area (Å²) in [5.74, 6) is -0.515. The molecule has 146 valence electrons. The fourth-order valence-electron chi connectivity index (χ4n) is 2.61. The van der Waals surface area contributed by atoms with Crippen LogP contribution in [-0.4, -0.2) is 29.6 Å². The van der Waals surface area contributed by atoms with Gasteiger partial charge in [0.05, 0.1) is 11.3 Å². The van der Waals surface area contributed by atoms with Crippen molar-refractivity contribution < 1.29 is 19.1 Å². The molecule has 0 aromatic heterocycles. The van der Waals surface area contributed by atoms with E-state index in [0.717, 1.165) is 10.5 Å². The van der Waals surface area contributed by atoms with E-state index in [9.17, 15) is 14.4 Å². The summed E-state index contributed by atoms with van der Waals surface area (Å²) in [6.45, 7) is 3.28. The Balaban J connectivity index is 1.68. The fraction of sp³-hybridized carbons (Fsp3) is 0.250. The van der Waals surface area contributed by atoms with Gasteiger partial charge in [-0.1, -0.05) is 17.7 Å². The number of hydrogen-bond acceptors (Lipinski definition) is 5. The van der Waals surface area contributed by atoms with E-state index in [4.69, 9.17) is 16.3 Å². The van der Waals surface area contributed by atoms with Crippen molar-refractivity contribution in [1.29, 1.82) is 0 Å². The molecular formula is C20H19ClN2O4S. The Labute approximate surface area is 172 Å². The molecule has 2 aromatic carbocycles. The molecule has 0 saturated carbocycles. The highest BCUT2D eigenvalue weighted by molar-refractivity contribution is 7.99. The third-order valence-electron chi connectivity index (χ3n) is 4.25. The van der Waals surface area contributed by atoms with Gasteiger partial charge in [-0.3, -0.25) is 9.59 Å². The highest BCUT2D eigenvalue weighted by atomic mass is 35.5. The molecule has 3 rings (SSSR count). The van der Waals surface area contributed by atoms with Gasteiger partial charge in [0.25, 0.3) is 5.91 Å². The molecule has 28 heavy (non-hydrogen) atoms. The van der Waals surface area contributed by atoms with E-state index in [1.807, 2.05) is 0 Å². The second-order valence-corrected chi connectivity index (χ2v) is 7.85. The predicted molar refractivity (Wildman–Crippen MR) is 110 cm³/mol. The lowest BCUT2D eigenvalue weighted by Gasteiger charge is -2.16. The molecule has 0 saturated heterocycles. The summed E-state index contributed by atoms with van der Waals surface area (Å²) in [5.41, 5.74) is 2.13. The Morgan fingerprint density at radius 3 is 2.86 bits per heavy atom. The van der Waals surface area contributed by atoms with Crippen molar-refractivity contribution in [3.8, 4) is 0 Å². The van der Waals surface area contributed by atoms with Crippen LogP contribution in [0.4, 0.5) is 11.4 Å². The molecule has 1 atom stereocenters. The minimum atomic E-state index is -1.01. The highest BCUT2D eigenvalue weighted by Gasteiger charge is 2.21. The average Bonchev–Trinajstić information content (AvgIpc) is 2.85. The zero-order valence-corrected chi connectivity index (χ0v) is 16.9. The zero-order valence-electron chi connectivity index (χ0n) is 15.4. The van der Waals surface area contributed by atoms with E-state index in [1.54, 1.807) is 55.1 Å². The zero-order chi connectivity index (χ0) is 20.3. The summed E-state index contributed by atoms with van der Waals surface area (Å²) in [6, 6.07) is 10.1. The van der Waals surface area contributed by atoms with Crippen LogP contribution in [0.5, 0.6) is 0 Å². The van der Waals surface area contributed by atoms with Gasteiger partial charge in [0.1, 0.15) is 0 Å². The standard InChI is InChI=1S/C20H19ClN2O4S/c1-11-14(21)4-3-5-15(11)23-19(25)12(2)27-20(26)13-6-7-17-16(10-13)22-18(24)8-9-28-17/h3-7,10,12H,8-9H2,1-2H3,(H,22,24)(H,23,25)/t12-/m1/s1. The summed E-state index contributed by atoms with van der Waals surface area (Å²) in [7, 11) is 0. The molecule has 2 amide bonds. The molecule has 0 fully saturated rings. The van der Waals surface area contributed by atoms with Crippen LogP contribution in [0.3, 0.4) is 0 Å². The number of thioether (sulfide) groups is 1. The van der Waals surface area contributed by atoms with Gasteiger partial charge >= 0.3 is 5.97 Å². The van der Waals surface area contributed by atoms with Gasteiger partial charge in [0, 0.05) is 27.8 Å². The van der Waals surface area contributed by atoms with Crippen molar-refractivity contribution in [1.82, 2.24) is 0 Å². The summed E-state index contributed by atoms with van der Waals surface area (Å²) in [5, 5.41) is 6.02. The van der Waals surface area contributed by atoms with Crippen LogP contribution in [0, 0.1) is 6.92 Å². The average molecular weight is 419 g/mol. The summed E-state index contributed by atoms with van der Waals surface area (Å²) in [4.78, 5) is 37.4. The molecule has 6 nitrogen and oxygen atoms in total. The maximum atomic E-state index is 12.4.